The average molecular weight is 145 g/mol. The van der Waals surface area contributed by atoms with E-state index in [1.54, 1.807) is 6.26 Å². The van der Waals surface area contributed by atoms with E-state index in [0.29, 0.717) is 12.8 Å². The second-order valence-corrected chi connectivity index (χ2v) is 2.49. The molecular formula is C5H7NO2S. The van der Waals surface area contributed by atoms with E-state index >= 15 is 0 Å². The van der Waals surface area contributed by atoms with Crippen LogP contribution >= 0.6 is 11.9 Å². The molecule has 0 spiro atoms. The maximum Gasteiger partial charge on any atom is 0.239 e. The van der Waals surface area contributed by atoms with Gasteiger partial charge in [0, 0.05) is 19.1 Å². The Labute approximate surface area is 57.5 Å². The molecular weight excluding hydrogens is 138 g/mol. The Morgan fingerprint density at radius 3 is 2.00 bits per heavy atom. The quantitative estimate of drug-likeness (QED) is 0.396. The number of rotatable bonds is 1. The molecule has 0 aromatic heterocycles. The van der Waals surface area contributed by atoms with Crippen molar-refractivity contribution >= 4 is 23.8 Å². The molecule has 1 fully saturated rings. The topological polar surface area (TPSA) is 37.4 Å². The van der Waals surface area contributed by atoms with Gasteiger partial charge in [-0.15, -0.1) is 0 Å². The molecule has 0 N–H and O–H groups in total. The van der Waals surface area contributed by atoms with Crippen LogP contribution in [0.25, 0.3) is 0 Å². The number of carbonyl (C=O) groups excluding carboxylic acids is 2. The van der Waals surface area contributed by atoms with Gasteiger partial charge >= 0.3 is 0 Å². The smallest absolute Gasteiger partial charge is 0.239 e. The molecule has 1 saturated heterocycles. The van der Waals surface area contributed by atoms with Crippen molar-refractivity contribution in [1.82, 2.24) is 4.31 Å². The van der Waals surface area contributed by atoms with Gasteiger partial charge in [0.05, 0.1) is 0 Å². The Balaban J connectivity index is 2.66. The molecule has 0 aromatic carbocycles. The maximum absolute atomic E-state index is 10.7. The molecule has 0 atom stereocenters. The van der Waals surface area contributed by atoms with Crippen LogP contribution in [0.3, 0.4) is 0 Å². The minimum atomic E-state index is -0.0625. The third kappa shape index (κ3) is 1.08. The summed E-state index contributed by atoms with van der Waals surface area (Å²) >= 11 is 1.18. The van der Waals surface area contributed by atoms with E-state index < -0.39 is 0 Å². The fourth-order valence-electron chi connectivity index (χ4n) is 0.760. The van der Waals surface area contributed by atoms with Crippen LogP contribution in [0.5, 0.6) is 0 Å². The third-order valence-electron chi connectivity index (χ3n) is 1.19. The first-order chi connectivity index (χ1) is 4.25. The molecule has 0 aliphatic carbocycles. The molecule has 1 rings (SSSR count). The number of hydrogen-bond donors (Lipinski definition) is 0. The lowest BCUT2D eigenvalue weighted by molar-refractivity contribution is -0.131. The highest BCUT2D eigenvalue weighted by Gasteiger charge is 2.27. The highest BCUT2D eigenvalue weighted by Crippen LogP contribution is 2.18. The van der Waals surface area contributed by atoms with E-state index in [1.165, 1.54) is 16.3 Å². The number of amides is 2. The number of imide groups is 1. The van der Waals surface area contributed by atoms with Gasteiger partial charge in [0.15, 0.2) is 0 Å². The minimum absolute atomic E-state index is 0.0625. The van der Waals surface area contributed by atoms with Crippen LogP contribution in [0.1, 0.15) is 12.8 Å². The molecule has 0 aromatic rings. The van der Waals surface area contributed by atoms with Crippen LogP contribution in [0.4, 0.5) is 0 Å². The largest absolute Gasteiger partial charge is 0.273 e. The van der Waals surface area contributed by atoms with Crippen molar-refractivity contribution in [2.45, 2.75) is 12.8 Å². The van der Waals surface area contributed by atoms with Crippen LogP contribution < -0.4 is 0 Å². The lowest BCUT2D eigenvalue weighted by Gasteiger charge is -2.06. The van der Waals surface area contributed by atoms with E-state index in [0.717, 1.165) is 0 Å². The summed E-state index contributed by atoms with van der Waals surface area (Å²) in [7, 11) is 0. The molecule has 1 aliphatic rings. The lowest BCUT2D eigenvalue weighted by Crippen LogP contribution is -2.20. The molecule has 0 radical (unpaired) electrons. The Morgan fingerprint density at radius 1 is 1.33 bits per heavy atom. The zero-order valence-electron chi connectivity index (χ0n) is 5.09. The fourth-order valence-corrected chi connectivity index (χ4v) is 1.35. The highest BCUT2D eigenvalue weighted by atomic mass is 32.2. The zero-order chi connectivity index (χ0) is 6.85. The molecule has 1 heterocycles. The summed E-state index contributed by atoms with van der Waals surface area (Å²) in [5.41, 5.74) is 0. The van der Waals surface area contributed by atoms with Gasteiger partial charge in [0.25, 0.3) is 0 Å². The molecule has 0 bridgehead atoms. The molecule has 1 aliphatic heterocycles. The standard InChI is InChI=1S/C5H7NO2S/c1-9-6-4(7)2-3-5(6)8/h2-3H2,1H3. The Morgan fingerprint density at radius 2 is 1.78 bits per heavy atom. The van der Waals surface area contributed by atoms with Crippen LogP contribution in [0.2, 0.25) is 0 Å². The van der Waals surface area contributed by atoms with Crippen LogP contribution in [0, 0.1) is 0 Å². The first kappa shape index (κ1) is 6.61. The van der Waals surface area contributed by atoms with Gasteiger partial charge in [-0.1, -0.05) is 0 Å². The van der Waals surface area contributed by atoms with Crippen molar-refractivity contribution in [2.24, 2.45) is 0 Å². The zero-order valence-corrected chi connectivity index (χ0v) is 5.90. The van der Waals surface area contributed by atoms with Gasteiger partial charge in [0.1, 0.15) is 0 Å². The van der Waals surface area contributed by atoms with Gasteiger partial charge in [-0.05, 0) is 11.9 Å². The van der Waals surface area contributed by atoms with Crippen molar-refractivity contribution in [2.75, 3.05) is 6.26 Å². The van der Waals surface area contributed by atoms with E-state index in [1.807, 2.05) is 0 Å². The summed E-state index contributed by atoms with van der Waals surface area (Å²) in [6.45, 7) is 0. The van der Waals surface area contributed by atoms with Crippen molar-refractivity contribution in [1.29, 1.82) is 0 Å². The van der Waals surface area contributed by atoms with E-state index in [-0.39, 0.29) is 11.8 Å². The van der Waals surface area contributed by atoms with Crippen LogP contribution in [-0.4, -0.2) is 22.4 Å². The normalized spacial score (nSPS) is 19.4. The molecule has 3 nitrogen and oxygen atoms in total. The van der Waals surface area contributed by atoms with Gasteiger partial charge in [-0.25, -0.2) is 4.31 Å². The Kier molecular flexibility index (Phi) is 1.75. The van der Waals surface area contributed by atoms with Crippen molar-refractivity contribution < 1.29 is 9.59 Å². The third-order valence-corrected chi connectivity index (χ3v) is 1.96. The molecule has 0 saturated carbocycles. The SMILES string of the molecule is CSN1C(=O)CCC1=O. The second-order valence-electron chi connectivity index (χ2n) is 1.76. The number of carbonyl (C=O) groups is 2. The summed E-state index contributed by atoms with van der Waals surface area (Å²) in [6, 6.07) is 0. The molecule has 2 amide bonds. The molecule has 4 heteroatoms. The summed E-state index contributed by atoms with van der Waals surface area (Å²) in [6.07, 6.45) is 2.50. The van der Waals surface area contributed by atoms with Crippen LogP contribution in [-0.2, 0) is 9.59 Å². The summed E-state index contributed by atoms with van der Waals surface area (Å²) in [5, 5.41) is 0. The summed E-state index contributed by atoms with van der Waals surface area (Å²) in [5.74, 6) is -0.125. The monoisotopic (exact) mass is 145 g/mol. The number of hydrogen-bond acceptors (Lipinski definition) is 3. The second kappa shape index (κ2) is 2.39. The Bertz CT molecular complexity index is 141. The van der Waals surface area contributed by atoms with E-state index in [9.17, 15) is 9.59 Å². The molecule has 9 heavy (non-hydrogen) atoms. The van der Waals surface area contributed by atoms with Crippen molar-refractivity contribution in [3.63, 3.8) is 0 Å². The fraction of sp³-hybridized carbons (Fsp3) is 0.600. The first-order valence-electron chi connectivity index (χ1n) is 2.65. The lowest BCUT2D eigenvalue weighted by atomic mass is 10.4. The average Bonchev–Trinajstić information content (AvgIpc) is 2.12. The maximum atomic E-state index is 10.7. The summed E-state index contributed by atoms with van der Waals surface area (Å²) < 4.78 is 1.21. The highest BCUT2D eigenvalue weighted by molar-refractivity contribution is 7.97. The Hall–Kier alpha value is -0.510. The van der Waals surface area contributed by atoms with Gasteiger partial charge in [-0.2, -0.15) is 0 Å². The first-order valence-corrected chi connectivity index (χ1v) is 3.84. The van der Waals surface area contributed by atoms with E-state index in [4.69, 9.17) is 0 Å². The van der Waals surface area contributed by atoms with Crippen LogP contribution in [0.15, 0.2) is 0 Å². The van der Waals surface area contributed by atoms with Gasteiger partial charge < -0.3 is 0 Å². The van der Waals surface area contributed by atoms with E-state index in [2.05, 4.69) is 0 Å². The summed E-state index contributed by atoms with van der Waals surface area (Å²) in [4.78, 5) is 21.4. The molecule has 0 unspecified atom stereocenters. The predicted octanol–water partition coefficient (Wildman–Crippen LogP) is 0.413. The minimum Gasteiger partial charge on any atom is -0.273 e. The number of nitrogens with zero attached hydrogens (tertiary/aromatic N) is 1. The predicted molar refractivity (Wildman–Crippen MR) is 34.6 cm³/mol. The van der Waals surface area contributed by atoms with Crippen molar-refractivity contribution in [3.05, 3.63) is 0 Å². The van der Waals surface area contributed by atoms with Crippen molar-refractivity contribution in [3.8, 4) is 0 Å². The van der Waals surface area contributed by atoms with Gasteiger partial charge in [0.2, 0.25) is 11.8 Å². The van der Waals surface area contributed by atoms with Gasteiger partial charge in [-0.3, -0.25) is 9.59 Å². The molecule has 50 valence electrons.